The molecule has 0 unspecified atom stereocenters. The maximum atomic E-state index is 6.01. The second-order valence-electron chi connectivity index (χ2n) is 6.23. The number of hydrogen-bond acceptors (Lipinski definition) is 3. The number of hydrogen-bond donors (Lipinski definition) is 0. The topological polar surface area (TPSA) is 26.0 Å². The summed E-state index contributed by atoms with van der Waals surface area (Å²) in [5.74, 6) is 0.710. The SMILES string of the molecule is CSc1oc(C)nc1[P+](c1ccccc1)(c1ccccc1)c1ccccc1.I. The number of halogens is 1. The molecule has 4 aromatic rings. The van der Waals surface area contributed by atoms with Gasteiger partial charge in [-0.25, -0.2) is 0 Å². The molecule has 0 aliphatic heterocycles. The van der Waals surface area contributed by atoms with E-state index in [1.807, 2.05) is 6.92 Å². The summed E-state index contributed by atoms with van der Waals surface area (Å²) in [6, 6.07) is 32.2. The predicted octanol–water partition coefficient (Wildman–Crippen LogP) is 4.94. The summed E-state index contributed by atoms with van der Waals surface area (Å²) in [5, 5.41) is 4.75. The monoisotopic (exact) mass is 518 g/mol. The van der Waals surface area contributed by atoms with E-state index in [4.69, 9.17) is 9.40 Å². The molecule has 2 nitrogen and oxygen atoms in total. The van der Waals surface area contributed by atoms with E-state index in [0.29, 0.717) is 5.89 Å². The van der Waals surface area contributed by atoms with Crippen LogP contribution in [0.3, 0.4) is 0 Å². The lowest BCUT2D eigenvalue weighted by molar-refractivity contribution is 0.444. The fraction of sp³-hybridized carbons (Fsp3) is 0.0870. The van der Waals surface area contributed by atoms with Crippen LogP contribution in [-0.4, -0.2) is 11.2 Å². The molecule has 0 aliphatic carbocycles. The summed E-state index contributed by atoms with van der Waals surface area (Å²) in [5.41, 5.74) is 1.05. The molecule has 0 saturated carbocycles. The van der Waals surface area contributed by atoms with E-state index < -0.39 is 7.26 Å². The minimum absolute atomic E-state index is 0. The quantitative estimate of drug-likeness (QED) is 0.213. The second-order valence-corrected chi connectivity index (χ2v) is 10.3. The highest BCUT2D eigenvalue weighted by atomic mass is 127. The Morgan fingerprint density at radius 2 is 1.11 bits per heavy atom. The Morgan fingerprint density at radius 3 is 1.46 bits per heavy atom. The summed E-state index contributed by atoms with van der Waals surface area (Å²) in [4.78, 5) is 4.95. The van der Waals surface area contributed by atoms with Crippen LogP contribution in [0.15, 0.2) is 101 Å². The molecule has 0 aliphatic rings. The van der Waals surface area contributed by atoms with Gasteiger partial charge < -0.3 is 4.42 Å². The molecule has 0 radical (unpaired) electrons. The van der Waals surface area contributed by atoms with Gasteiger partial charge in [-0.1, -0.05) is 66.4 Å². The zero-order chi connectivity index (χ0) is 18.7. The lowest BCUT2D eigenvalue weighted by atomic mass is 10.4. The normalized spacial score (nSPS) is 11.1. The van der Waals surface area contributed by atoms with Crippen molar-refractivity contribution < 1.29 is 4.42 Å². The van der Waals surface area contributed by atoms with E-state index in [2.05, 4.69) is 97.3 Å². The van der Waals surface area contributed by atoms with E-state index in [0.717, 1.165) is 10.5 Å². The van der Waals surface area contributed by atoms with Crippen molar-refractivity contribution in [1.29, 1.82) is 0 Å². The number of aromatic nitrogens is 1. The van der Waals surface area contributed by atoms with E-state index in [-0.39, 0.29) is 24.0 Å². The highest BCUT2D eigenvalue weighted by Crippen LogP contribution is 2.55. The zero-order valence-electron chi connectivity index (χ0n) is 15.8. The van der Waals surface area contributed by atoms with Gasteiger partial charge in [-0.3, -0.25) is 0 Å². The lowest BCUT2D eigenvalue weighted by Crippen LogP contribution is -2.40. The predicted molar refractivity (Wildman–Crippen MR) is 133 cm³/mol. The second kappa shape index (κ2) is 9.25. The Hall–Kier alpha value is -1.62. The molecule has 142 valence electrons. The Balaban J connectivity index is 0.00000225. The van der Waals surface area contributed by atoms with Crippen molar-refractivity contribution in [1.82, 2.24) is 4.98 Å². The summed E-state index contributed by atoms with van der Waals surface area (Å²) >= 11 is 1.63. The largest absolute Gasteiger partial charge is 0.430 e. The van der Waals surface area contributed by atoms with Crippen molar-refractivity contribution in [3.63, 3.8) is 0 Å². The van der Waals surface area contributed by atoms with Crippen LogP contribution in [0.2, 0.25) is 0 Å². The third kappa shape index (κ3) is 3.66. The van der Waals surface area contributed by atoms with Crippen LogP contribution < -0.4 is 21.3 Å². The maximum Gasteiger partial charge on any atom is 0.250 e. The van der Waals surface area contributed by atoms with Crippen LogP contribution in [0, 0.1) is 6.92 Å². The van der Waals surface area contributed by atoms with Crippen LogP contribution in [0.4, 0.5) is 0 Å². The zero-order valence-corrected chi connectivity index (χ0v) is 19.8. The number of aryl methyl sites for hydroxylation is 1. The molecular weight excluding hydrogens is 496 g/mol. The first-order valence-electron chi connectivity index (χ1n) is 8.84. The number of benzene rings is 3. The number of nitrogens with zero attached hydrogens (tertiary/aromatic N) is 1. The van der Waals surface area contributed by atoms with E-state index in [1.165, 1.54) is 15.9 Å². The van der Waals surface area contributed by atoms with Crippen LogP contribution >= 0.6 is 43.0 Å². The Kier molecular flexibility index (Phi) is 6.97. The molecule has 0 saturated heterocycles. The first kappa shape index (κ1) is 21.1. The fourth-order valence-corrected chi connectivity index (χ4v) is 8.72. The molecule has 0 amide bonds. The molecule has 5 heteroatoms. The first-order chi connectivity index (χ1) is 13.3. The van der Waals surface area contributed by atoms with E-state index in [1.54, 1.807) is 11.8 Å². The van der Waals surface area contributed by atoms with Gasteiger partial charge in [0.2, 0.25) is 5.09 Å². The summed E-state index contributed by atoms with van der Waals surface area (Å²) < 4.78 is 6.01. The number of rotatable bonds is 5. The average molecular weight is 518 g/mol. The molecule has 28 heavy (non-hydrogen) atoms. The van der Waals surface area contributed by atoms with E-state index in [9.17, 15) is 0 Å². The van der Waals surface area contributed by atoms with Gasteiger partial charge in [-0.2, -0.15) is 4.98 Å². The van der Waals surface area contributed by atoms with Gasteiger partial charge in [0.25, 0.3) is 5.44 Å². The molecular formula is C23H22INOPS+. The summed E-state index contributed by atoms with van der Waals surface area (Å²) in [6.45, 7) is 1.93. The molecule has 0 N–H and O–H groups in total. The van der Waals surface area contributed by atoms with Gasteiger partial charge in [0.15, 0.2) is 13.2 Å². The van der Waals surface area contributed by atoms with Crippen molar-refractivity contribution >= 4 is 64.3 Å². The van der Waals surface area contributed by atoms with E-state index >= 15 is 0 Å². The number of thioether (sulfide) groups is 1. The van der Waals surface area contributed by atoms with Gasteiger partial charge in [0.1, 0.15) is 15.9 Å². The maximum absolute atomic E-state index is 6.01. The van der Waals surface area contributed by atoms with Crippen LogP contribution in [0.25, 0.3) is 0 Å². The van der Waals surface area contributed by atoms with Gasteiger partial charge in [0.05, 0.1) is 0 Å². The van der Waals surface area contributed by atoms with Gasteiger partial charge in [-0.05, 0) is 42.7 Å². The van der Waals surface area contributed by atoms with Crippen LogP contribution in [-0.2, 0) is 0 Å². The average Bonchev–Trinajstić information content (AvgIpc) is 3.12. The van der Waals surface area contributed by atoms with Crippen molar-refractivity contribution in [3.05, 3.63) is 96.9 Å². The minimum atomic E-state index is -2.16. The minimum Gasteiger partial charge on any atom is -0.430 e. The van der Waals surface area contributed by atoms with Gasteiger partial charge >= 0.3 is 0 Å². The molecule has 0 fully saturated rings. The fourth-order valence-electron chi connectivity index (χ4n) is 3.51. The molecule has 3 aromatic carbocycles. The molecule has 1 heterocycles. The standard InChI is InChI=1S/C23H21NOPS.HI/c1-18-24-22(23(25-18)27-2)26(19-12-6-3-7-13-19,20-14-8-4-9-15-20)21-16-10-5-11-17-21;/h3-17H,1-2H3;1H/q+1;. The molecule has 1 aromatic heterocycles. The van der Waals surface area contributed by atoms with Crippen LogP contribution in [0.1, 0.15) is 5.89 Å². The highest BCUT2D eigenvalue weighted by molar-refractivity contribution is 14.0. The summed E-state index contributed by atoms with van der Waals surface area (Å²) in [6.07, 6.45) is 2.05. The van der Waals surface area contributed by atoms with Gasteiger partial charge in [-0.15, -0.1) is 24.0 Å². The first-order valence-corrected chi connectivity index (χ1v) is 11.9. The van der Waals surface area contributed by atoms with Crippen molar-refractivity contribution in [2.45, 2.75) is 12.0 Å². The van der Waals surface area contributed by atoms with Gasteiger partial charge in [0, 0.05) is 6.92 Å². The smallest absolute Gasteiger partial charge is 0.250 e. The Labute approximate surface area is 188 Å². The van der Waals surface area contributed by atoms with Crippen LogP contribution in [0.5, 0.6) is 0 Å². The molecule has 4 rings (SSSR count). The third-order valence-electron chi connectivity index (χ3n) is 4.62. The lowest BCUT2D eigenvalue weighted by Gasteiger charge is -2.25. The van der Waals surface area contributed by atoms with Crippen molar-refractivity contribution in [2.24, 2.45) is 0 Å². The summed E-state index contributed by atoms with van der Waals surface area (Å²) in [7, 11) is -2.16. The Morgan fingerprint density at radius 1 is 0.714 bits per heavy atom. The number of oxazole rings is 1. The molecule has 0 spiro atoms. The highest BCUT2D eigenvalue weighted by Gasteiger charge is 2.52. The van der Waals surface area contributed by atoms with Crippen molar-refractivity contribution in [2.75, 3.05) is 6.26 Å². The third-order valence-corrected chi connectivity index (χ3v) is 9.58. The molecule has 0 bridgehead atoms. The molecule has 0 atom stereocenters. The van der Waals surface area contributed by atoms with Crippen molar-refractivity contribution in [3.8, 4) is 0 Å². The Bertz CT molecular complexity index is 926.